The highest BCUT2D eigenvalue weighted by molar-refractivity contribution is 6.13. The van der Waals surface area contributed by atoms with Crippen molar-refractivity contribution in [1.82, 2.24) is 4.90 Å². The van der Waals surface area contributed by atoms with Crippen molar-refractivity contribution in [3.8, 4) is 11.5 Å². The monoisotopic (exact) mass is 470 g/mol. The smallest absolute Gasteiger partial charge is 0.291 e. The second kappa shape index (κ2) is 7.68. The number of phenolic OH excluding ortho intramolecular Hbond substituents is 2. The van der Waals surface area contributed by atoms with Crippen molar-refractivity contribution in [3.63, 3.8) is 0 Å². The van der Waals surface area contributed by atoms with Crippen molar-refractivity contribution in [2.75, 3.05) is 5.32 Å². The van der Waals surface area contributed by atoms with E-state index in [-0.39, 0.29) is 35.8 Å². The quantitative estimate of drug-likeness (QED) is 0.337. The van der Waals surface area contributed by atoms with Gasteiger partial charge < -0.3 is 20.8 Å². The molecular formula is C27H24N3O5+. The van der Waals surface area contributed by atoms with E-state index in [1.807, 2.05) is 53.8 Å². The maximum absolute atomic E-state index is 13.8. The Hall–Kier alpha value is -4.17. The number of anilines is 1. The Morgan fingerprint density at radius 1 is 0.857 bits per heavy atom. The van der Waals surface area contributed by atoms with E-state index < -0.39 is 23.4 Å². The molecule has 3 aliphatic rings. The average Bonchev–Trinajstić information content (AvgIpc) is 3.43. The molecule has 8 heteroatoms. The molecule has 2 fully saturated rings. The van der Waals surface area contributed by atoms with Crippen LogP contribution in [0.3, 0.4) is 0 Å². The molecule has 3 aromatic rings. The van der Waals surface area contributed by atoms with Crippen LogP contribution in [0.4, 0.5) is 5.69 Å². The molecule has 1 spiro atoms. The number of para-hydroxylation sites is 1. The lowest BCUT2D eigenvalue weighted by molar-refractivity contribution is -0.733. The van der Waals surface area contributed by atoms with Crippen LogP contribution >= 0.6 is 0 Å². The summed E-state index contributed by atoms with van der Waals surface area (Å²) in [6.45, 7) is 0.150. The molecule has 0 saturated carbocycles. The van der Waals surface area contributed by atoms with Gasteiger partial charge in [0.2, 0.25) is 17.4 Å². The SMILES string of the molecule is O=C1[C@H]2[C@@H](Cc3ccc(O)c(O)c3)[NH2+][C@@]3(C(=O)Nc4ccccc43)[C@H]2C(=O)N1Cc1ccccc1. The standard InChI is InChI=1S/C27H23N3O5/c31-20-11-10-16(13-21(20)32)12-19-22-23(25(34)30(24(22)33)14-15-6-2-1-3-7-15)27(29-19)17-8-4-5-9-18(17)28-26(27)35/h1-11,13,19,22-23,29,31-32H,12,14H2,(H,28,35)/p+1/t19-,22+,23-,27-/m1/s1. The Bertz CT molecular complexity index is 1370. The summed E-state index contributed by atoms with van der Waals surface area (Å²) in [5, 5.41) is 24.5. The fraction of sp³-hybridized carbons (Fsp3) is 0.222. The number of nitrogens with two attached hydrogens (primary N) is 1. The summed E-state index contributed by atoms with van der Waals surface area (Å²) in [4.78, 5) is 42.4. The first kappa shape index (κ1) is 21.4. The third-order valence-corrected chi connectivity index (χ3v) is 7.56. The first-order valence-corrected chi connectivity index (χ1v) is 11.6. The van der Waals surface area contributed by atoms with E-state index in [0.717, 1.165) is 5.56 Å². The number of benzene rings is 3. The van der Waals surface area contributed by atoms with Crippen molar-refractivity contribution in [2.24, 2.45) is 11.8 Å². The van der Waals surface area contributed by atoms with Gasteiger partial charge in [0.05, 0.1) is 12.2 Å². The Kier molecular flexibility index (Phi) is 4.69. The third kappa shape index (κ3) is 3.06. The molecule has 3 heterocycles. The zero-order valence-electron chi connectivity index (χ0n) is 18.7. The maximum atomic E-state index is 13.8. The van der Waals surface area contributed by atoms with Crippen molar-refractivity contribution in [3.05, 3.63) is 89.5 Å². The molecule has 176 valence electrons. The zero-order valence-corrected chi connectivity index (χ0v) is 18.7. The molecular weight excluding hydrogens is 446 g/mol. The first-order chi connectivity index (χ1) is 16.9. The van der Waals surface area contributed by atoms with Gasteiger partial charge in [-0.1, -0.05) is 54.6 Å². The second-order valence-corrected chi connectivity index (χ2v) is 9.48. The van der Waals surface area contributed by atoms with Crippen LogP contribution in [0.5, 0.6) is 11.5 Å². The van der Waals surface area contributed by atoms with Crippen molar-refractivity contribution < 1.29 is 29.9 Å². The zero-order chi connectivity index (χ0) is 24.3. The van der Waals surface area contributed by atoms with Gasteiger partial charge in [-0.3, -0.25) is 19.3 Å². The predicted octanol–water partition coefficient (Wildman–Crippen LogP) is 1.23. The molecule has 4 atom stereocenters. The second-order valence-electron chi connectivity index (χ2n) is 9.48. The van der Waals surface area contributed by atoms with E-state index in [1.165, 1.54) is 17.0 Å². The van der Waals surface area contributed by atoms with Gasteiger partial charge >= 0.3 is 0 Å². The van der Waals surface area contributed by atoms with Crippen LogP contribution in [0.1, 0.15) is 16.7 Å². The lowest BCUT2D eigenvalue weighted by Gasteiger charge is -2.26. The van der Waals surface area contributed by atoms with Crippen LogP contribution in [0, 0.1) is 11.8 Å². The molecule has 5 N–H and O–H groups in total. The topological polar surface area (TPSA) is 124 Å². The van der Waals surface area contributed by atoms with E-state index in [0.29, 0.717) is 23.2 Å². The predicted molar refractivity (Wildman–Crippen MR) is 125 cm³/mol. The minimum absolute atomic E-state index is 0.150. The van der Waals surface area contributed by atoms with E-state index >= 15 is 0 Å². The molecule has 0 bridgehead atoms. The van der Waals surface area contributed by atoms with Crippen molar-refractivity contribution in [1.29, 1.82) is 0 Å². The molecule has 35 heavy (non-hydrogen) atoms. The summed E-state index contributed by atoms with van der Waals surface area (Å²) in [6, 6.07) is 20.7. The average molecular weight is 471 g/mol. The molecule has 3 aromatic carbocycles. The lowest BCUT2D eigenvalue weighted by atomic mass is 9.76. The highest BCUT2D eigenvalue weighted by Crippen LogP contribution is 2.49. The number of nitrogens with zero attached hydrogens (tertiary/aromatic N) is 1. The van der Waals surface area contributed by atoms with Crippen LogP contribution in [0.25, 0.3) is 0 Å². The van der Waals surface area contributed by atoms with Gasteiger partial charge in [-0.05, 0) is 29.3 Å². The fourth-order valence-corrected chi connectivity index (χ4v) is 6.06. The van der Waals surface area contributed by atoms with E-state index in [9.17, 15) is 24.6 Å². The van der Waals surface area contributed by atoms with Gasteiger partial charge in [-0.15, -0.1) is 0 Å². The number of carbonyl (C=O) groups is 3. The number of aromatic hydroxyl groups is 2. The van der Waals surface area contributed by atoms with E-state index in [4.69, 9.17) is 0 Å². The van der Waals surface area contributed by atoms with E-state index in [2.05, 4.69) is 5.32 Å². The number of rotatable bonds is 4. The minimum atomic E-state index is -1.25. The molecule has 8 nitrogen and oxygen atoms in total. The number of hydrogen-bond donors (Lipinski definition) is 4. The molecule has 0 aromatic heterocycles. The molecule has 0 unspecified atom stereocenters. The Balaban J connectivity index is 1.44. The van der Waals surface area contributed by atoms with Crippen LogP contribution in [-0.4, -0.2) is 38.9 Å². The van der Waals surface area contributed by atoms with Gasteiger partial charge in [-0.2, -0.15) is 0 Å². The van der Waals surface area contributed by atoms with Crippen LogP contribution in [0.15, 0.2) is 72.8 Å². The normalized spacial score (nSPS) is 26.8. The number of likely N-dealkylation sites (tertiary alicyclic amines) is 1. The Morgan fingerprint density at radius 2 is 1.60 bits per heavy atom. The molecule has 3 aliphatic heterocycles. The van der Waals surface area contributed by atoms with E-state index in [1.54, 1.807) is 12.1 Å². The summed E-state index contributed by atoms with van der Waals surface area (Å²) in [7, 11) is 0. The number of nitrogens with one attached hydrogen (secondary N) is 1. The summed E-state index contributed by atoms with van der Waals surface area (Å²) >= 11 is 0. The largest absolute Gasteiger partial charge is 0.504 e. The van der Waals surface area contributed by atoms with Gasteiger partial charge in [0.1, 0.15) is 17.9 Å². The Morgan fingerprint density at radius 3 is 2.37 bits per heavy atom. The summed E-state index contributed by atoms with van der Waals surface area (Å²) < 4.78 is 0. The Labute approximate surface area is 201 Å². The number of carbonyl (C=O) groups excluding carboxylic acids is 3. The summed E-state index contributed by atoms with van der Waals surface area (Å²) in [5.41, 5.74) is 1.65. The van der Waals surface area contributed by atoms with Crippen LogP contribution < -0.4 is 10.6 Å². The number of phenols is 2. The molecule has 0 aliphatic carbocycles. The molecule has 0 radical (unpaired) electrons. The number of amides is 3. The number of imide groups is 1. The lowest BCUT2D eigenvalue weighted by Crippen LogP contribution is -2.99. The fourth-order valence-electron chi connectivity index (χ4n) is 6.06. The van der Waals surface area contributed by atoms with Crippen LogP contribution in [0.2, 0.25) is 0 Å². The van der Waals surface area contributed by atoms with Gasteiger partial charge in [0.25, 0.3) is 5.91 Å². The number of fused-ring (bicyclic) bond motifs is 4. The van der Waals surface area contributed by atoms with Gasteiger partial charge in [0.15, 0.2) is 11.5 Å². The van der Waals surface area contributed by atoms with Crippen LogP contribution in [-0.2, 0) is 32.9 Å². The number of hydrogen-bond acceptors (Lipinski definition) is 5. The minimum Gasteiger partial charge on any atom is -0.504 e. The molecule has 3 amide bonds. The molecule has 2 saturated heterocycles. The van der Waals surface area contributed by atoms with Crippen molar-refractivity contribution >= 4 is 23.4 Å². The highest BCUT2D eigenvalue weighted by atomic mass is 16.3. The first-order valence-electron chi connectivity index (χ1n) is 11.6. The van der Waals surface area contributed by atoms with Gasteiger partial charge in [-0.25, -0.2) is 0 Å². The van der Waals surface area contributed by atoms with Crippen molar-refractivity contribution in [2.45, 2.75) is 24.5 Å². The number of quaternary nitrogens is 1. The maximum Gasteiger partial charge on any atom is 0.291 e. The summed E-state index contributed by atoms with van der Waals surface area (Å²) in [6.07, 6.45) is 0.338. The molecule has 6 rings (SSSR count). The summed E-state index contributed by atoms with van der Waals surface area (Å²) in [5.74, 6) is -2.98. The van der Waals surface area contributed by atoms with Gasteiger partial charge in [0, 0.05) is 12.0 Å². The third-order valence-electron chi connectivity index (χ3n) is 7.56. The highest BCUT2D eigenvalue weighted by Gasteiger charge is 2.74.